The van der Waals surface area contributed by atoms with Crippen molar-refractivity contribution in [3.63, 3.8) is 0 Å². The minimum absolute atomic E-state index is 0. The second kappa shape index (κ2) is 6.80. The number of rotatable bonds is 4. The lowest BCUT2D eigenvalue weighted by Gasteiger charge is -2.35. The average Bonchev–Trinajstić information content (AvgIpc) is 3.07. The number of hydrogen-bond acceptors (Lipinski definition) is 3. The molecule has 0 radical (unpaired) electrons. The zero-order valence-electron chi connectivity index (χ0n) is 14.0. The third-order valence-corrected chi connectivity index (χ3v) is 5.50. The summed E-state index contributed by atoms with van der Waals surface area (Å²) < 4.78 is 2.13. The van der Waals surface area contributed by atoms with Gasteiger partial charge in [-0.2, -0.15) is 5.10 Å². The molecule has 2 fully saturated rings. The highest BCUT2D eigenvalue weighted by molar-refractivity contribution is 5.85. The van der Waals surface area contributed by atoms with E-state index in [4.69, 9.17) is 5.10 Å². The smallest absolute Gasteiger partial charge is 0.0843 e. The van der Waals surface area contributed by atoms with Gasteiger partial charge < -0.3 is 5.32 Å². The predicted molar refractivity (Wildman–Crippen MR) is 97.1 cm³/mol. The molecule has 4 rings (SSSR count). The van der Waals surface area contributed by atoms with Crippen LogP contribution in [0.1, 0.15) is 38.3 Å². The monoisotopic (exact) mass is 334 g/mol. The zero-order chi connectivity index (χ0) is 15.1. The van der Waals surface area contributed by atoms with Crippen molar-refractivity contribution >= 4 is 23.3 Å². The summed E-state index contributed by atoms with van der Waals surface area (Å²) in [4.78, 5) is 2.53. The molecule has 1 aromatic carbocycles. The maximum atomic E-state index is 4.86. The first-order valence-electron chi connectivity index (χ1n) is 8.65. The number of piperidine rings is 1. The molecule has 2 saturated heterocycles. The number of aryl methyl sites for hydroxylation is 1. The van der Waals surface area contributed by atoms with E-state index < -0.39 is 0 Å². The van der Waals surface area contributed by atoms with E-state index in [1.165, 1.54) is 42.3 Å². The van der Waals surface area contributed by atoms with Crippen LogP contribution >= 0.6 is 12.4 Å². The van der Waals surface area contributed by atoms with E-state index in [0.29, 0.717) is 6.04 Å². The topological polar surface area (TPSA) is 33.1 Å². The van der Waals surface area contributed by atoms with Gasteiger partial charge in [0.05, 0.1) is 11.2 Å². The van der Waals surface area contributed by atoms with Crippen molar-refractivity contribution < 1.29 is 0 Å². The molecule has 4 nitrogen and oxygen atoms in total. The van der Waals surface area contributed by atoms with E-state index in [0.717, 1.165) is 25.2 Å². The molecule has 2 unspecified atom stereocenters. The van der Waals surface area contributed by atoms with Crippen LogP contribution in [0, 0.1) is 0 Å². The molecule has 0 saturated carbocycles. The molecule has 1 aromatic heterocycles. The number of aromatic nitrogens is 2. The van der Waals surface area contributed by atoms with Gasteiger partial charge in [-0.05, 0) is 45.7 Å². The van der Waals surface area contributed by atoms with Crippen LogP contribution in [0.5, 0.6) is 0 Å². The number of para-hydroxylation sites is 1. The largest absolute Gasteiger partial charge is 0.311 e. The van der Waals surface area contributed by atoms with Gasteiger partial charge in [0.15, 0.2) is 0 Å². The summed E-state index contributed by atoms with van der Waals surface area (Å²) in [5, 5.41) is 9.90. The first-order valence-corrected chi connectivity index (χ1v) is 8.65. The number of fused-ring (bicyclic) bond motifs is 3. The van der Waals surface area contributed by atoms with Crippen LogP contribution in [-0.4, -0.2) is 39.9 Å². The molecule has 126 valence electrons. The summed E-state index contributed by atoms with van der Waals surface area (Å²) in [5.41, 5.74) is 2.49. The first-order chi connectivity index (χ1) is 10.7. The van der Waals surface area contributed by atoms with Crippen LogP contribution in [0.2, 0.25) is 0 Å². The normalized spacial score (nSPS) is 26.7. The molecule has 0 spiro atoms. The maximum absolute atomic E-state index is 4.86. The fourth-order valence-corrected chi connectivity index (χ4v) is 4.31. The van der Waals surface area contributed by atoms with Gasteiger partial charge in [-0.25, -0.2) is 0 Å². The van der Waals surface area contributed by atoms with Crippen molar-refractivity contribution in [3.8, 4) is 0 Å². The molecule has 2 aromatic rings. The van der Waals surface area contributed by atoms with E-state index in [1.807, 2.05) is 0 Å². The average molecular weight is 335 g/mol. The molecule has 23 heavy (non-hydrogen) atoms. The van der Waals surface area contributed by atoms with E-state index in [9.17, 15) is 0 Å². The van der Waals surface area contributed by atoms with Gasteiger partial charge in [-0.1, -0.05) is 18.2 Å². The van der Waals surface area contributed by atoms with Crippen LogP contribution in [0.15, 0.2) is 24.3 Å². The number of benzene rings is 1. The van der Waals surface area contributed by atoms with Crippen molar-refractivity contribution in [3.05, 3.63) is 30.0 Å². The van der Waals surface area contributed by atoms with Crippen LogP contribution < -0.4 is 5.32 Å². The highest BCUT2D eigenvalue weighted by Gasteiger charge is 2.35. The van der Waals surface area contributed by atoms with Crippen molar-refractivity contribution in [1.29, 1.82) is 0 Å². The Morgan fingerprint density at radius 3 is 2.61 bits per heavy atom. The molecule has 2 aliphatic rings. The third-order valence-electron chi connectivity index (χ3n) is 5.50. The number of nitrogens with one attached hydrogen (secondary N) is 1. The van der Waals surface area contributed by atoms with Crippen LogP contribution in [-0.2, 0) is 13.1 Å². The Labute approximate surface area is 144 Å². The Kier molecular flexibility index (Phi) is 4.95. The summed E-state index contributed by atoms with van der Waals surface area (Å²) in [6, 6.07) is 10.8. The van der Waals surface area contributed by atoms with Crippen LogP contribution in [0.4, 0.5) is 0 Å². The van der Waals surface area contributed by atoms with Gasteiger partial charge in [0.2, 0.25) is 0 Å². The molecule has 1 N–H and O–H groups in total. The minimum Gasteiger partial charge on any atom is -0.311 e. The molecule has 2 bridgehead atoms. The van der Waals surface area contributed by atoms with Gasteiger partial charge in [-0.3, -0.25) is 9.58 Å². The number of hydrogen-bond donors (Lipinski definition) is 1. The fourth-order valence-electron chi connectivity index (χ4n) is 4.31. The molecular weight excluding hydrogens is 308 g/mol. The second-order valence-electron chi connectivity index (χ2n) is 6.96. The van der Waals surface area contributed by atoms with Gasteiger partial charge >= 0.3 is 0 Å². The van der Waals surface area contributed by atoms with Gasteiger partial charge in [-0.15, -0.1) is 12.4 Å². The SMILES string of the molecule is CCn1nc(CN(C)C2CC3CCC(C2)N3)c2ccccc21.Cl. The van der Waals surface area contributed by atoms with Crippen molar-refractivity contribution in [1.82, 2.24) is 20.0 Å². The minimum atomic E-state index is 0. The van der Waals surface area contributed by atoms with Gasteiger partial charge in [0, 0.05) is 36.6 Å². The highest BCUT2D eigenvalue weighted by Crippen LogP contribution is 2.30. The van der Waals surface area contributed by atoms with Crippen LogP contribution in [0.3, 0.4) is 0 Å². The Hall–Kier alpha value is -1.10. The molecule has 5 heteroatoms. The number of nitrogens with zero attached hydrogens (tertiary/aromatic N) is 3. The third kappa shape index (κ3) is 3.12. The standard InChI is InChI=1S/C18H26N4.ClH/c1-3-22-18-7-5-4-6-16(18)17(20-22)12-21(2)15-10-13-8-9-14(11-15)19-13;/h4-7,13-15,19H,3,8-12H2,1-2H3;1H. The van der Waals surface area contributed by atoms with Crippen molar-refractivity contribution in [2.24, 2.45) is 0 Å². The second-order valence-corrected chi connectivity index (χ2v) is 6.96. The lowest BCUT2D eigenvalue weighted by molar-refractivity contribution is 0.164. The summed E-state index contributed by atoms with van der Waals surface area (Å²) >= 11 is 0. The Morgan fingerprint density at radius 2 is 1.91 bits per heavy atom. The molecule has 2 aliphatic heterocycles. The number of halogens is 1. The van der Waals surface area contributed by atoms with E-state index in [-0.39, 0.29) is 12.4 Å². The van der Waals surface area contributed by atoms with Gasteiger partial charge in [0.25, 0.3) is 0 Å². The lowest BCUT2D eigenvalue weighted by Crippen LogP contribution is -2.46. The maximum Gasteiger partial charge on any atom is 0.0843 e. The van der Waals surface area contributed by atoms with E-state index >= 15 is 0 Å². The van der Waals surface area contributed by atoms with Crippen molar-refractivity contribution in [2.75, 3.05) is 7.05 Å². The predicted octanol–water partition coefficient (Wildman–Crippen LogP) is 3.19. The summed E-state index contributed by atoms with van der Waals surface area (Å²) in [6.07, 6.45) is 5.31. The zero-order valence-corrected chi connectivity index (χ0v) is 14.9. The Balaban J connectivity index is 0.00000156. The highest BCUT2D eigenvalue weighted by atomic mass is 35.5. The fraction of sp³-hybridized carbons (Fsp3) is 0.611. The molecule has 3 heterocycles. The molecular formula is C18H27ClN4. The summed E-state index contributed by atoms with van der Waals surface area (Å²) in [6.45, 7) is 4.05. The first kappa shape index (κ1) is 16.7. The summed E-state index contributed by atoms with van der Waals surface area (Å²) in [5.74, 6) is 0. The van der Waals surface area contributed by atoms with Gasteiger partial charge in [0.1, 0.15) is 0 Å². The van der Waals surface area contributed by atoms with E-state index in [1.54, 1.807) is 0 Å². The quantitative estimate of drug-likeness (QED) is 0.932. The molecule has 0 amide bonds. The lowest BCUT2D eigenvalue weighted by atomic mass is 9.98. The van der Waals surface area contributed by atoms with Crippen molar-refractivity contribution in [2.45, 2.75) is 63.8 Å². The molecule has 0 aliphatic carbocycles. The summed E-state index contributed by atoms with van der Waals surface area (Å²) in [7, 11) is 2.27. The Morgan fingerprint density at radius 1 is 1.22 bits per heavy atom. The Bertz CT molecular complexity index is 656. The van der Waals surface area contributed by atoms with E-state index in [2.05, 4.69) is 53.1 Å². The molecule has 2 atom stereocenters. The van der Waals surface area contributed by atoms with Crippen LogP contribution in [0.25, 0.3) is 10.9 Å².